The first-order valence-corrected chi connectivity index (χ1v) is 4.44. The highest BCUT2D eigenvalue weighted by atomic mass is 79.9. The minimum Gasteiger partial charge on any atom is -0.465 e. The zero-order valence-corrected chi connectivity index (χ0v) is 8.15. The number of rotatable bonds is 1. The van der Waals surface area contributed by atoms with Crippen molar-refractivity contribution in [1.29, 1.82) is 0 Å². The third-order valence-corrected chi connectivity index (χ3v) is 2.88. The summed E-state index contributed by atoms with van der Waals surface area (Å²) in [6.07, 6.45) is -0.945. The van der Waals surface area contributed by atoms with E-state index in [2.05, 4.69) is 15.9 Å². The Morgan fingerprint density at radius 3 is 2.73 bits per heavy atom. The molecular formula is C6H6BrNO2S. The topological polar surface area (TPSA) is 40.5 Å². The summed E-state index contributed by atoms with van der Waals surface area (Å²) in [7, 11) is 1.51. The van der Waals surface area contributed by atoms with Gasteiger partial charge in [0.05, 0.1) is 3.79 Å². The van der Waals surface area contributed by atoms with E-state index in [0.29, 0.717) is 5.00 Å². The first-order valence-electron chi connectivity index (χ1n) is 2.83. The number of halogens is 1. The van der Waals surface area contributed by atoms with Crippen molar-refractivity contribution in [1.82, 2.24) is 0 Å². The van der Waals surface area contributed by atoms with Crippen molar-refractivity contribution in [2.24, 2.45) is 0 Å². The lowest BCUT2D eigenvalue weighted by molar-refractivity contribution is 0.203. The van der Waals surface area contributed by atoms with E-state index in [1.807, 2.05) is 6.07 Å². The summed E-state index contributed by atoms with van der Waals surface area (Å²) < 4.78 is 0.931. The summed E-state index contributed by atoms with van der Waals surface area (Å²) in [5.41, 5.74) is 0. The van der Waals surface area contributed by atoms with Crippen LogP contribution in [0, 0.1) is 0 Å². The average Bonchev–Trinajstić information content (AvgIpc) is 2.34. The Hall–Kier alpha value is -0.550. The molecule has 0 aliphatic rings. The van der Waals surface area contributed by atoms with Crippen molar-refractivity contribution in [2.75, 3.05) is 11.9 Å². The Morgan fingerprint density at radius 2 is 2.36 bits per heavy atom. The number of amides is 1. The average molecular weight is 236 g/mol. The number of hydrogen-bond donors (Lipinski definition) is 1. The molecule has 0 unspecified atom stereocenters. The molecule has 0 fully saturated rings. The molecule has 0 atom stereocenters. The molecule has 0 aromatic carbocycles. The van der Waals surface area contributed by atoms with E-state index in [1.54, 1.807) is 6.07 Å². The molecule has 3 nitrogen and oxygen atoms in total. The Morgan fingerprint density at radius 1 is 1.73 bits per heavy atom. The van der Waals surface area contributed by atoms with Gasteiger partial charge >= 0.3 is 6.09 Å². The lowest BCUT2D eigenvalue weighted by Crippen LogP contribution is -2.22. The van der Waals surface area contributed by atoms with Crippen LogP contribution in [0.15, 0.2) is 15.9 Å². The number of hydrogen-bond acceptors (Lipinski definition) is 2. The molecule has 0 aliphatic heterocycles. The first-order chi connectivity index (χ1) is 5.11. The van der Waals surface area contributed by atoms with Crippen LogP contribution >= 0.6 is 27.3 Å². The van der Waals surface area contributed by atoms with Crippen molar-refractivity contribution in [3.8, 4) is 0 Å². The molecule has 0 spiro atoms. The quantitative estimate of drug-likeness (QED) is 0.814. The van der Waals surface area contributed by atoms with Crippen LogP contribution in [0.3, 0.4) is 0 Å². The number of thiophene rings is 1. The Kier molecular flexibility index (Phi) is 2.51. The summed E-state index contributed by atoms with van der Waals surface area (Å²) in [6.45, 7) is 0. The van der Waals surface area contributed by atoms with Crippen molar-refractivity contribution in [2.45, 2.75) is 0 Å². The van der Waals surface area contributed by atoms with E-state index in [4.69, 9.17) is 5.11 Å². The van der Waals surface area contributed by atoms with Crippen molar-refractivity contribution in [3.63, 3.8) is 0 Å². The van der Waals surface area contributed by atoms with Crippen molar-refractivity contribution >= 4 is 38.4 Å². The molecule has 5 heteroatoms. The molecule has 1 aromatic heterocycles. The van der Waals surface area contributed by atoms with Gasteiger partial charge < -0.3 is 5.11 Å². The van der Waals surface area contributed by atoms with E-state index >= 15 is 0 Å². The van der Waals surface area contributed by atoms with E-state index in [1.165, 1.54) is 23.3 Å². The zero-order chi connectivity index (χ0) is 8.43. The highest BCUT2D eigenvalue weighted by molar-refractivity contribution is 9.11. The van der Waals surface area contributed by atoms with E-state index in [0.717, 1.165) is 3.79 Å². The van der Waals surface area contributed by atoms with Gasteiger partial charge in [-0.3, -0.25) is 4.90 Å². The van der Waals surface area contributed by atoms with Crippen molar-refractivity contribution < 1.29 is 9.90 Å². The highest BCUT2D eigenvalue weighted by Gasteiger charge is 2.09. The van der Waals surface area contributed by atoms with Crippen LogP contribution in [0.4, 0.5) is 9.80 Å². The molecule has 0 saturated carbocycles. The fourth-order valence-electron chi connectivity index (χ4n) is 0.579. The number of anilines is 1. The molecular weight excluding hydrogens is 230 g/mol. The second-order valence-corrected chi connectivity index (χ2v) is 4.36. The standard InChI is InChI=1S/C6H6BrNO2S/c1-8(6(9)10)5-3-2-4(7)11-5/h2-3H,1H3,(H,9,10). The predicted octanol–water partition coefficient (Wildman–Crippen LogP) is 2.62. The maximum absolute atomic E-state index is 10.4. The summed E-state index contributed by atoms with van der Waals surface area (Å²) >= 11 is 4.63. The van der Waals surface area contributed by atoms with Crippen LogP contribution in [0.5, 0.6) is 0 Å². The van der Waals surface area contributed by atoms with Crippen LogP contribution in [-0.4, -0.2) is 18.2 Å². The van der Waals surface area contributed by atoms with Gasteiger partial charge in [-0.25, -0.2) is 4.79 Å². The molecule has 1 amide bonds. The Labute approximate surface area is 76.4 Å². The van der Waals surface area contributed by atoms with E-state index < -0.39 is 6.09 Å². The Balaban J connectivity index is 2.84. The van der Waals surface area contributed by atoms with Crippen LogP contribution in [0.25, 0.3) is 0 Å². The van der Waals surface area contributed by atoms with Gasteiger partial charge in [-0.15, -0.1) is 11.3 Å². The van der Waals surface area contributed by atoms with Crippen LogP contribution in [0.1, 0.15) is 0 Å². The minimum atomic E-state index is -0.945. The number of nitrogens with zero attached hydrogens (tertiary/aromatic N) is 1. The second-order valence-electron chi connectivity index (χ2n) is 1.92. The molecule has 0 saturated heterocycles. The molecule has 0 aliphatic carbocycles. The van der Waals surface area contributed by atoms with Gasteiger partial charge in [0.2, 0.25) is 0 Å². The predicted molar refractivity (Wildman–Crippen MR) is 48.4 cm³/mol. The monoisotopic (exact) mass is 235 g/mol. The van der Waals surface area contributed by atoms with Crippen LogP contribution < -0.4 is 4.90 Å². The third kappa shape index (κ3) is 1.94. The summed E-state index contributed by atoms with van der Waals surface area (Å²) in [4.78, 5) is 11.6. The third-order valence-electron chi connectivity index (χ3n) is 1.18. The molecule has 60 valence electrons. The summed E-state index contributed by atoms with van der Waals surface area (Å²) in [6, 6.07) is 3.57. The zero-order valence-electron chi connectivity index (χ0n) is 5.74. The molecule has 1 aromatic rings. The molecule has 1 heterocycles. The molecule has 1 N–H and O–H groups in total. The van der Waals surface area contributed by atoms with Gasteiger partial charge in [0.25, 0.3) is 0 Å². The van der Waals surface area contributed by atoms with Gasteiger partial charge in [-0.1, -0.05) is 0 Å². The van der Waals surface area contributed by atoms with Gasteiger partial charge in [0.1, 0.15) is 5.00 Å². The van der Waals surface area contributed by atoms with E-state index in [-0.39, 0.29) is 0 Å². The smallest absolute Gasteiger partial charge is 0.412 e. The maximum Gasteiger partial charge on any atom is 0.412 e. The minimum absolute atomic E-state index is 0.712. The van der Waals surface area contributed by atoms with Crippen LogP contribution in [0.2, 0.25) is 0 Å². The molecule has 0 bridgehead atoms. The van der Waals surface area contributed by atoms with Gasteiger partial charge in [-0.05, 0) is 28.1 Å². The fraction of sp³-hybridized carbons (Fsp3) is 0.167. The first kappa shape index (κ1) is 8.55. The normalized spacial score (nSPS) is 9.64. The van der Waals surface area contributed by atoms with Crippen molar-refractivity contribution in [3.05, 3.63) is 15.9 Å². The lowest BCUT2D eigenvalue weighted by Gasteiger charge is -2.08. The molecule has 11 heavy (non-hydrogen) atoms. The summed E-state index contributed by atoms with van der Waals surface area (Å²) in [5, 5.41) is 9.27. The van der Waals surface area contributed by atoms with Gasteiger partial charge in [0, 0.05) is 7.05 Å². The van der Waals surface area contributed by atoms with Crippen LogP contribution in [-0.2, 0) is 0 Å². The molecule has 0 radical (unpaired) electrons. The number of carboxylic acid groups (broad SMARTS) is 1. The maximum atomic E-state index is 10.4. The highest BCUT2D eigenvalue weighted by Crippen LogP contribution is 2.28. The SMILES string of the molecule is CN(C(=O)O)c1ccc(Br)s1. The van der Waals surface area contributed by atoms with E-state index in [9.17, 15) is 4.79 Å². The molecule has 1 rings (SSSR count). The van der Waals surface area contributed by atoms with Gasteiger partial charge in [-0.2, -0.15) is 0 Å². The largest absolute Gasteiger partial charge is 0.465 e. The Bertz CT molecular complexity index is 273. The fourth-order valence-corrected chi connectivity index (χ4v) is 1.90. The second kappa shape index (κ2) is 3.23. The lowest BCUT2D eigenvalue weighted by atomic mass is 10.6. The summed E-state index contributed by atoms with van der Waals surface area (Å²) in [5.74, 6) is 0. The number of carbonyl (C=O) groups is 1. The van der Waals surface area contributed by atoms with Gasteiger partial charge in [0.15, 0.2) is 0 Å².